The predicted molar refractivity (Wildman–Crippen MR) is 119 cm³/mol. The first-order valence-electron chi connectivity index (χ1n) is 9.77. The summed E-state index contributed by atoms with van der Waals surface area (Å²) in [7, 11) is 0. The molecule has 3 rings (SSSR count). The zero-order valence-electron chi connectivity index (χ0n) is 17.1. The van der Waals surface area contributed by atoms with Gasteiger partial charge in [-0.25, -0.2) is 4.63 Å². The lowest BCUT2D eigenvalue weighted by atomic mass is 10.2. The highest BCUT2D eigenvalue weighted by atomic mass is 79.9. The standard InChI is InChI=1S/C21H24BrN5O4/c1-2-29-17-11-15(10-16(22)19(17)30-13-14-6-4-3-5-7-14)12-24-8-9-25-21(28)18-20(23)27-31-26-18/h3-7,10-11,24H,2,8-9,12-13H2,1H3,(H2,23,27)(H,25,28). The van der Waals surface area contributed by atoms with E-state index < -0.39 is 5.91 Å². The highest BCUT2D eigenvalue weighted by Gasteiger charge is 2.15. The fourth-order valence-electron chi connectivity index (χ4n) is 2.79. The molecule has 31 heavy (non-hydrogen) atoms. The van der Waals surface area contributed by atoms with Crippen molar-refractivity contribution in [3.8, 4) is 11.5 Å². The summed E-state index contributed by atoms with van der Waals surface area (Å²) in [5.74, 6) is 0.877. The Balaban J connectivity index is 1.52. The molecule has 10 heteroatoms. The van der Waals surface area contributed by atoms with E-state index >= 15 is 0 Å². The maximum Gasteiger partial charge on any atom is 0.277 e. The molecule has 1 aromatic heterocycles. The molecule has 164 valence electrons. The van der Waals surface area contributed by atoms with Crippen molar-refractivity contribution in [1.82, 2.24) is 20.9 Å². The summed E-state index contributed by atoms with van der Waals surface area (Å²) in [6.07, 6.45) is 0. The average Bonchev–Trinajstić information content (AvgIpc) is 3.20. The van der Waals surface area contributed by atoms with Crippen LogP contribution in [0.5, 0.6) is 11.5 Å². The van der Waals surface area contributed by atoms with E-state index in [0.29, 0.717) is 44.3 Å². The molecule has 0 atom stereocenters. The van der Waals surface area contributed by atoms with Gasteiger partial charge in [0.2, 0.25) is 11.5 Å². The normalized spacial score (nSPS) is 10.6. The van der Waals surface area contributed by atoms with Gasteiger partial charge in [-0.1, -0.05) is 30.3 Å². The van der Waals surface area contributed by atoms with Crippen LogP contribution in [0.4, 0.5) is 5.82 Å². The number of hydrogen-bond acceptors (Lipinski definition) is 8. The second-order valence-electron chi connectivity index (χ2n) is 6.54. The third-order valence-electron chi connectivity index (χ3n) is 4.24. The molecule has 0 aliphatic rings. The van der Waals surface area contributed by atoms with Gasteiger partial charge in [0.1, 0.15) is 6.61 Å². The van der Waals surface area contributed by atoms with Gasteiger partial charge in [0.25, 0.3) is 5.91 Å². The van der Waals surface area contributed by atoms with Crippen LogP contribution in [0, 0.1) is 0 Å². The number of aromatic nitrogens is 2. The average molecular weight is 490 g/mol. The van der Waals surface area contributed by atoms with Gasteiger partial charge >= 0.3 is 0 Å². The molecule has 2 aromatic carbocycles. The van der Waals surface area contributed by atoms with E-state index in [1.165, 1.54) is 0 Å². The number of amides is 1. The van der Waals surface area contributed by atoms with Crippen LogP contribution in [-0.2, 0) is 13.2 Å². The summed E-state index contributed by atoms with van der Waals surface area (Å²) >= 11 is 3.59. The highest BCUT2D eigenvalue weighted by molar-refractivity contribution is 9.10. The maximum absolute atomic E-state index is 11.9. The van der Waals surface area contributed by atoms with Gasteiger partial charge in [-0.3, -0.25) is 4.79 Å². The Bertz CT molecular complexity index is 997. The number of anilines is 1. The maximum atomic E-state index is 11.9. The van der Waals surface area contributed by atoms with Crippen molar-refractivity contribution in [2.45, 2.75) is 20.1 Å². The lowest BCUT2D eigenvalue weighted by molar-refractivity contribution is 0.0944. The van der Waals surface area contributed by atoms with Crippen molar-refractivity contribution >= 4 is 27.7 Å². The minimum atomic E-state index is -0.429. The van der Waals surface area contributed by atoms with E-state index in [-0.39, 0.29) is 11.5 Å². The molecule has 1 amide bonds. The van der Waals surface area contributed by atoms with Gasteiger partial charge in [0.05, 0.1) is 11.1 Å². The number of benzene rings is 2. The molecule has 4 N–H and O–H groups in total. The summed E-state index contributed by atoms with van der Waals surface area (Å²) in [5.41, 5.74) is 7.57. The molecule has 0 aliphatic carbocycles. The van der Waals surface area contributed by atoms with Crippen molar-refractivity contribution in [2.75, 3.05) is 25.4 Å². The Kier molecular flexibility index (Phi) is 8.25. The predicted octanol–water partition coefficient (Wildman–Crippen LogP) is 2.91. The number of halogens is 1. The zero-order valence-corrected chi connectivity index (χ0v) is 18.6. The summed E-state index contributed by atoms with van der Waals surface area (Å²) in [6, 6.07) is 13.9. The molecule has 0 saturated carbocycles. The smallest absolute Gasteiger partial charge is 0.277 e. The van der Waals surface area contributed by atoms with Gasteiger partial charge in [0.15, 0.2) is 11.5 Å². The van der Waals surface area contributed by atoms with Crippen LogP contribution in [0.15, 0.2) is 51.6 Å². The highest BCUT2D eigenvalue weighted by Crippen LogP contribution is 2.37. The quantitative estimate of drug-likeness (QED) is 0.351. The molecule has 0 bridgehead atoms. The molecule has 0 radical (unpaired) electrons. The van der Waals surface area contributed by atoms with Crippen molar-refractivity contribution in [3.05, 3.63) is 63.8 Å². The van der Waals surface area contributed by atoms with E-state index in [2.05, 4.69) is 41.5 Å². The number of hydrogen-bond donors (Lipinski definition) is 3. The number of nitrogens with zero attached hydrogens (tertiary/aromatic N) is 2. The molecule has 1 heterocycles. The second kappa shape index (κ2) is 11.3. The first-order valence-corrected chi connectivity index (χ1v) is 10.6. The van der Waals surface area contributed by atoms with E-state index in [0.717, 1.165) is 15.6 Å². The molecule has 0 fully saturated rings. The number of rotatable bonds is 11. The number of carbonyl (C=O) groups is 1. The van der Waals surface area contributed by atoms with E-state index in [1.54, 1.807) is 0 Å². The van der Waals surface area contributed by atoms with Gasteiger partial charge in [-0.2, -0.15) is 0 Å². The Morgan fingerprint density at radius 3 is 2.65 bits per heavy atom. The van der Waals surface area contributed by atoms with Gasteiger partial charge in [-0.15, -0.1) is 0 Å². The molecule has 3 aromatic rings. The number of nitrogen functional groups attached to an aromatic ring is 1. The summed E-state index contributed by atoms with van der Waals surface area (Å²) < 4.78 is 17.0. The van der Waals surface area contributed by atoms with Crippen molar-refractivity contribution < 1.29 is 18.9 Å². The lowest BCUT2D eigenvalue weighted by Crippen LogP contribution is -2.32. The molecule has 0 saturated heterocycles. The van der Waals surface area contributed by atoms with Gasteiger partial charge in [-0.05, 0) is 56.4 Å². The third-order valence-corrected chi connectivity index (χ3v) is 4.83. The molecule has 9 nitrogen and oxygen atoms in total. The Morgan fingerprint density at radius 2 is 1.94 bits per heavy atom. The van der Waals surface area contributed by atoms with Crippen LogP contribution < -0.4 is 25.8 Å². The van der Waals surface area contributed by atoms with Crippen molar-refractivity contribution in [2.24, 2.45) is 0 Å². The van der Waals surface area contributed by atoms with E-state index in [9.17, 15) is 4.79 Å². The second-order valence-corrected chi connectivity index (χ2v) is 7.40. The molecule has 0 spiro atoms. The van der Waals surface area contributed by atoms with Crippen LogP contribution in [0.2, 0.25) is 0 Å². The van der Waals surface area contributed by atoms with Crippen LogP contribution in [-0.4, -0.2) is 35.9 Å². The van der Waals surface area contributed by atoms with Crippen LogP contribution in [0.3, 0.4) is 0 Å². The molecule has 0 aliphatic heterocycles. The van der Waals surface area contributed by atoms with Crippen molar-refractivity contribution in [3.63, 3.8) is 0 Å². The summed E-state index contributed by atoms with van der Waals surface area (Å²) in [6.45, 7) is 4.42. The third kappa shape index (κ3) is 6.43. The Hall–Kier alpha value is -3.11. The number of ether oxygens (including phenoxy) is 2. The van der Waals surface area contributed by atoms with E-state index in [1.807, 2.05) is 49.4 Å². The summed E-state index contributed by atoms with van der Waals surface area (Å²) in [5, 5.41) is 12.8. The number of nitrogens with one attached hydrogen (secondary N) is 2. The largest absolute Gasteiger partial charge is 0.490 e. The van der Waals surface area contributed by atoms with Crippen LogP contribution >= 0.6 is 15.9 Å². The SMILES string of the molecule is CCOc1cc(CNCCNC(=O)c2nonc2N)cc(Br)c1OCc1ccccc1. The molecule has 0 unspecified atom stereocenters. The number of carbonyl (C=O) groups excluding carboxylic acids is 1. The lowest BCUT2D eigenvalue weighted by Gasteiger charge is -2.16. The summed E-state index contributed by atoms with van der Waals surface area (Å²) in [4.78, 5) is 11.9. The minimum Gasteiger partial charge on any atom is -0.490 e. The van der Waals surface area contributed by atoms with Crippen LogP contribution in [0.25, 0.3) is 0 Å². The fourth-order valence-corrected chi connectivity index (χ4v) is 3.39. The van der Waals surface area contributed by atoms with Gasteiger partial charge in [0, 0.05) is 19.6 Å². The molecular weight excluding hydrogens is 466 g/mol. The molecular formula is C21H24BrN5O4. The minimum absolute atomic E-state index is 0.0172. The topological polar surface area (TPSA) is 125 Å². The fraction of sp³-hybridized carbons (Fsp3) is 0.286. The number of nitrogens with two attached hydrogens (primary N) is 1. The van der Waals surface area contributed by atoms with Crippen LogP contribution in [0.1, 0.15) is 28.5 Å². The Labute approximate surface area is 188 Å². The van der Waals surface area contributed by atoms with Gasteiger partial charge < -0.3 is 25.8 Å². The van der Waals surface area contributed by atoms with Crippen molar-refractivity contribution in [1.29, 1.82) is 0 Å². The first kappa shape index (κ1) is 22.6. The van der Waals surface area contributed by atoms with E-state index in [4.69, 9.17) is 15.2 Å². The zero-order chi connectivity index (χ0) is 22.1. The Morgan fingerprint density at radius 1 is 1.13 bits per heavy atom. The monoisotopic (exact) mass is 489 g/mol. The first-order chi connectivity index (χ1) is 15.1.